The summed E-state index contributed by atoms with van der Waals surface area (Å²) in [5, 5.41) is 12.4. The van der Waals surface area contributed by atoms with E-state index in [0.29, 0.717) is 17.8 Å². The van der Waals surface area contributed by atoms with Crippen LogP contribution in [0.15, 0.2) is 66.3 Å². The van der Waals surface area contributed by atoms with Gasteiger partial charge in [-0.25, -0.2) is 4.98 Å². The number of anilines is 1. The van der Waals surface area contributed by atoms with E-state index in [2.05, 4.69) is 22.9 Å². The van der Waals surface area contributed by atoms with Gasteiger partial charge in [-0.15, -0.1) is 6.58 Å². The molecule has 3 rings (SSSR count). The molecule has 0 aliphatic carbocycles. The predicted molar refractivity (Wildman–Crippen MR) is 105 cm³/mol. The van der Waals surface area contributed by atoms with Gasteiger partial charge in [0.25, 0.3) is 0 Å². The quantitative estimate of drug-likeness (QED) is 0.527. The van der Waals surface area contributed by atoms with Crippen molar-refractivity contribution in [2.45, 2.75) is 23.9 Å². The molecule has 1 amide bonds. The number of imidazole rings is 1. The summed E-state index contributed by atoms with van der Waals surface area (Å²) in [6.45, 7) is 6.25. The average Bonchev–Trinajstić information content (AvgIpc) is 3.00. The number of carbonyl (C=O) groups is 1. The second-order valence-corrected chi connectivity index (χ2v) is 7.00. The molecule has 0 aliphatic rings. The van der Waals surface area contributed by atoms with Crippen molar-refractivity contribution >= 4 is 34.4 Å². The lowest BCUT2D eigenvalue weighted by atomic mass is 10.2. The number of para-hydroxylation sites is 3. The summed E-state index contributed by atoms with van der Waals surface area (Å²) < 4.78 is 2.04. The molecule has 0 radical (unpaired) electrons. The first-order valence-electron chi connectivity index (χ1n) is 8.17. The molecule has 0 fully saturated rings. The van der Waals surface area contributed by atoms with Crippen molar-refractivity contribution in [2.24, 2.45) is 0 Å². The van der Waals surface area contributed by atoms with Gasteiger partial charge in [0.15, 0.2) is 5.16 Å². The third-order valence-electron chi connectivity index (χ3n) is 3.89. The minimum absolute atomic E-state index is 0.171. The fraction of sp³-hybridized carbons (Fsp3) is 0.150. The zero-order valence-electron chi connectivity index (χ0n) is 14.3. The van der Waals surface area contributed by atoms with Crippen molar-refractivity contribution in [3.05, 3.63) is 66.7 Å². The Balaban J connectivity index is 1.81. The van der Waals surface area contributed by atoms with Crippen LogP contribution in [0.2, 0.25) is 0 Å². The number of benzene rings is 2. The Morgan fingerprint density at radius 3 is 2.85 bits per heavy atom. The number of rotatable bonds is 6. The second kappa shape index (κ2) is 7.89. The monoisotopic (exact) mass is 362 g/mol. The highest BCUT2D eigenvalue weighted by Gasteiger charge is 2.20. The van der Waals surface area contributed by atoms with E-state index >= 15 is 0 Å². The van der Waals surface area contributed by atoms with Crippen molar-refractivity contribution < 1.29 is 4.79 Å². The number of amides is 1. The van der Waals surface area contributed by atoms with Gasteiger partial charge < -0.3 is 9.88 Å². The fourth-order valence-corrected chi connectivity index (χ4v) is 3.52. The molecule has 1 atom stereocenters. The van der Waals surface area contributed by atoms with E-state index in [0.717, 1.165) is 16.2 Å². The van der Waals surface area contributed by atoms with E-state index in [-0.39, 0.29) is 11.2 Å². The van der Waals surface area contributed by atoms with Gasteiger partial charge in [-0.3, -0.25) is 4.79 Å². The number of carbonyl (C=O) groups excluding carboxylic acids is 1. The number of aromatic nitrogens is 2. The van der Waals surface area contributed by atoms with E-state index < -0.39 is 0 Å². The van der Waals surface area contributed by atoms with Crippen molar-refractivity contribution in [3.8, 4) is 6.07 Å². The van der Waals surface area contributed by atoms with Crippen molar-refractivity contribution in [3.63, 3.8) is 0 Å². The Hall–Kier alpha value is -3.04. The summed E-state index contributed by atoms with van der Waals surface area (Å²) in [7, 11) is 0. The van der Waals surface area contributed by atoms with E-state index in [4.69, 9.17) is 5.26 Å². The Morgan fingerprint density at radius 1 is 1.35 bits per heavy atom. The Bertz CT molecular complexity index is 1000. The van der Waals surface area contributed by atoms with Crippen LogP contribution in [0.3, 0.4) is 0 Å². The van der Waals surface area contributed by atoms with Crippen LogP contribution in [0.25, 0.3) is 11.0 Å². The van der Waals surface area contributed by atoms with E-state index in [1.165, 1.54) is 11.8 Å². The molecule has 0 aliphatic heterocycles. The van der Waals surface area contributed by atoms with Crippen LogP contribution in [0.5, 0.6) is 0 Å². The Kier molecular flexibility index (Phi) is 5.40. The standard InChI is InChI=1S/C20H18N4OS/c1-3-12-24-18-11-7-6-10-17(18)23-20(24)26-14(2)19(25)22-16-9-5-4-8-15(16)13-21/h3-11,14H,1,12H2,2H3,(H,22,25). The molecule has 1 N–H and O–H groups in total. The highest BCUT2D eigenvalue weighted by atomic mass is 32.2. The summed E-state index contributed by atoms with van der Waals surface area (Å²) in [6.07, 6.45) is 1.81. The molecular formula is C20H18N4OS. The van der Waals surface area contributed by atoms with Gasteiger partial charge in [-0.2, -0.15) is 5.26 Å². The highest BCUT2D eigenvalue weighted by Crippen LogP contribution is 2.28. The molecule has 3 aromatic rings. The van der Waals surface area contributed by atoms with Crippen LogP contribution >= 0.6 is 11.8 Å². The molecule has 130 valence electrons. The lowest BCUT2D eigenvalue weighted by molar-refractivity contribution is -0.115. The summed E-state index contributed by atoms with van der Waals surface area (Å²) >= 11 is 1.39. The molecule has 5 nitrogen and oxygen atoms in total. The maximum atomic E-state index is 12.6. The lowest BCUT2D eigenvalue weighted by Gasteiger charge is -2.13. The van der Waals surface area contributed by atoms with Gasteiger partial charge in [0, 0.05) is 6.54 Å². The number of allylic oxidation sites excluding steroid dienone is 1. The molecule has 0 bridgehead atoms. The molecule has 6 heteroatoms. The molecule has 0 spiro atoms. The summed E-state index contributed by atoms with van der Waals surface area (Å²) in [5.41, 5.74) is 2.86. The first-order valence-corrected chi connectivity index (χ1v) is 9.05. The van der Waals surface area contributed by atoms with Crippen LogP contribution in [-0.2, 0) is 11.3 Å². The summed E-state index contributed by atoms with van der Waals surface area (Å²) in [6, 6.07) is 16.9. The Labute approximate surface area is 156 Å². The minimum Gasteiger partial charge on any atom is -0.324 e. The predicted octanol–water partition coefficient (Wildman–Crippen LogP) is 4.21. The maximum absolute atomic E-state index is 12.6. The van der Waals surface area contributed by atoms with Gasteiger partial charge in [0.05, 0.1) is 27.5 Å². The van der Waals surface area contributed by atoms with Crippen molar-refractivity contribution in [1.82, 2.24) is 9.55 Å². The van der Waals surface area contributed by atoms with Gasteiger partial charge >= 0.3 is 0 Å². The van der Waals surface area contributed by atoms with Gasteiger partial charge in [0.1, 0.15) is 6.07 Å². The molecule has 2 aromatic carbocycles. The number of nitrogens with zero attached hydrogens (tertiary/aromatic N) is 3. The number of hydrogen-bond acceptors (Lipinski definition) is 4. The molecule has 0 saturated carbocycles. The average molecular weight is 362 g/mol. The summed E-state index contributed by atoms with van der Waals surface area (Å²) in [5.74, 6) is -0.171. The number of fused-ring (bicyclic) bond motifs is 1. The third kappa shape index (κ3) is 3.63. The SMILES string of the molecule is C=CCn1c(SC(C)C(=O)Nc2ccccc2C#N)nc2ccccc21. The minimum atomic E-state index is -0.373. The molecule has 26 heavy (non-hydrogen) atoms. The largest absolute Gasteiger partial charge is 0.324 e. The number of hydrogen-bond donors (Lipinski definition) is 1. The van der Waals surface area contributed by atoms with Gasteiger partial charge in [0.2, 0.25) is 5.91 Å². The van der Waals surface area contributed by atoms with Crippen LogP contribution < -0.4 is 5.32 Å². The van der Waals surface area contributed by atoms with E-state index in [1.54, 1.807) is 24.3 Å². The van der Waals surface area contributed by atoms with Crippen molar-refractivity contribution in [1.29, 1.82) is 5.26 Å². The fourth-order valence-electron chi connectivity index (χ4n) is 2.58. The maximum Gasteiger partial charge on any atom is 0.237 e. The normalized spacial score (nSPS) is 11.7. The number of thioether (sulfide) groups is 1. The zero-order valence-corrected chi connectivity index (χ0v) is 15.2. The van der Waals surface area contributed by atoms with Gasteiger partial charge in [-0.1, -0.05) is 42.1 Å². The third-order valence-corrected chi connectivity index (χ3v) is 4.98. The Morgan fingerprint density at radius 2 is 2.08 bits per heavy atom. The zero-order chi connectivity index (χ0) is 18.5. The van der Waals surface area contributed by atoms with Crippen LogP contribution in [-0.4, -0.2) is 20.7 Å². The first-order chi connectivity index (χ1) is 12.6. The van der Waals surface area contributed by atoms with E-state index in [9.17, 15) is 4.79 Å². The molecule has 0 saturated heterocycles. The summed E-state index contributed by atoms with van der Waals surface area (Å²) in [4.78, 5) is 17.2. The number of nitriles is 1. The topological polar surface area (TPSA) is 70.7 Å². The lowest BCUT2D eigenvalue weighted by Crippen LogP contribution is -2.23. The van der Waals surface area contributed by atoms with Crippen LogP contribution in [0.1, 0.15) is 12.5 Å². The molecule has 1 aromatic heterocycles. The highest BCUT2D eigenvalue weighted by molar-refractivity contribution is 8.00. The van der Waals surface area contributed by atoms with E-state index in [1.807, 2.05) is 41.8 Å². The second-order valence-electron chi connectivity index (χ2n) is 5.69. The molecule has 1 heterocycles. The van der Waals surface area contributed by atoms with Crippen LogP contribution in [0.4, 0.5) is 5.69 Å². The molecule has 1 unspecified atom stereocenters. The van der Waals surface area contributed by atoms with Crippen molar-refractivity contribution in [2.75, 3.05) is 5.32 Å². The number of nitrogens with one attached hydrogen (secondary N) is 1. The van der Waals surface area contributed by atoms with Gasteiger partial charge in [-0.05, 0) is 31.2 Å². The smallest absolute Gasteiger partial charge is 0.237 e. The first kappa shape index (κ1) is 17.8. The van der Waals surface area contributed by atoms with Crippen LogP contribution in [0, 0.1) is 11.3 Å². The molecular weight excluding hydrogens is 344 g/mol.